The molecule has 256 valence electrons. The highest BCUT2D eigenvalue weighted by Gasteiger charge is 2.69. The van der Waals surface area contributed by atoms with Gasteiger partial charge in [-0.3, -0.25) is 9.59 Å². The molecule has 3 aromatic rings. The van der Waals surface area contributed by atoms with Gasteiger partial charge >= 0.3 is 12.1 Å². The summed E-state index contributed by atoms with van der Waals surface area (Å²) >= 11 is 0. The van der Waals surface area contributed by atoms with Crippen molar-refractivity contribution in [1.29, 1.82) is 0 Å². The molecule has 7 rings (SSSR count). The highest BCUT2D eigenvalue weighted by Crippen LogP contribution is 2.64. The third-order valence-electron chi connectivity index (χ3n) is 11.3. The Hall–Kier alpha value is -4.29. The number of quaternary nitrogens is 1. The van der Waals surface area contributed by atoms with Crippen LogP contribution in [0, 0.1) is 23.7 Å². The maximum absolute atomic E-state index is 13.2. The Morgan fingerprint density at radius 2 is 1.82 bits per heavy atom. The lowest BCUT2D eigenvalue weighted by Gasteiger charge is -2.63. The van der Waals surface area contributed by atoms with Crippen molar-refractivity contribution in [3.63, 3.8) is 0 Å². The SMILES string of the molecule is CC(=O)Oc1ccc2c3c1C[C@@H]1[C@@H]4CC[C@H](NC(=O)C#Cc5ccc(C(F)(F)F)cc5)[C@H](O2)[C@]34CC[N+]1(CCc1ccccc1)CC(C)C. The average molecular weight is 672 g/mol. The summed E-state index contributed by atoms with van der Waals surface area (Å²) in [6, 6.07) is 18.9. The topological polar surface area (TPSA) is 64.6 Å². The van der Waals surface area contributed by atoms with Crippen molar-refractivity contribution < 1.29 is 36.7 Å². The first-order valence-electron chi connectivity index (χ1n) is 17.3. The van der Waals surface area contributed by atoms with Crippen molar-refractivity contribution in [1.82, 2.24) is 5.32 Å². The number of carbonyl (C=O) groups is 2. The van der Waals surface area contributed by atoms with E-state index in [1.807, 2.05) is 12.1 Å². The number of alkyl halides is 3. The van der Waals surface area contributed by atoms with Crippen LogP contribution >= 0.6 is 0 Å². The molecule has 3 aromatic carbocycles. The van der Waals surface area contributed by atoms with Crippen LogP contribution in [0.25, 0.3) is 0 Å². The van der Waals surface area contributed by atoms with Gasteiger partial charge in [0, 0.05) is 60.6 Å². The smallest absolute Gasteiger partial charge is 0.416 e. The summed E-state index contributed by atoms with van der Waals surface area (Å²) in [6.45, 7) is 9.07. The van der Waals surface area contributed by atoms with E-state index in [0.717, 1.165) is 85.2 Å². The summed E-state index contributed by atoms with van der Waals surface area (Å²) in [5, 5.41) is 3.13. The number of nitrogens with one attached hydrogen (secondary N) is 1. The van der Waals surface area contributed by atoms with Gasteiger partial charge in [0.05, 0.1) is 42.7 Å². The summed E-state index contributed by atoms with van der Waals surface area (Å²) in [4.78, 5) is 25.5. The third kappa shape index (κ3) is 5.99. The Morgan fingerprint density at radius 3 is 2.51 bits per heavy atom. The number of carbonyl (C=O) groups excluding carboxylic acids is 2. The summed E-state index contributed by atoms with van der Waals surface area (Å²) in [5.41, 5.74) is 2.73. The summed E-state index contributed by atoms with van der Waals surface area (Å²) < 4.78 is 52.6. The Balaban J connectivity index is 1.22. The quantitative estimate of drug-likeness (QED) is 0.133. The van der Waals surface area contributed by atoms with E-state index < -0.39 is 17.6 Å². The van der Waals surface area contributed by atoms with Gasteiger partial charge in [0.25, 0.3) is 5.91 Å². The van der Waals surface area contributed by atoms with Gasteiger partial charge < -0.3 is 19.3 Å². The molecule has 2 aliphatic carbocycles. The molecule has 1 saturated carbocycles. The lowest BCUT2D eigenvalue weighted by molar-refractivity contribution is -0.964. The Labute approximate surface area is 285 Å². The monoisotopic (exact) mass is 671 g/mol. The molecule has 1 saturated heterocycles. The largest absolute Gasteiger partial charge is 0.487 e. The van der Waals surface area contributed by atoms with Crippen LogP contribution in [0.5, 0.6) is 11.5 Å². The molecule has 1 unspecified atom stereocenters. The van der Waals surface area contributed by atoms with Crippen LogP contribution in [0.4, 0.5) is 13.2 Å². The van der Waals surface area contributed by atoms with Gasteiger partial charge in [-0.2, -0.15) is 13.2 Å². The van der Waals surface area contributed by atoms with Crippen LogP contribution in [0.2, 0.25) is 0 Å². The molecule has 49 heavy (non-hydrogen) atoms. The second-order valence-electron chi connectivity index (χ2n) is 14.7. The zero-order valence-corrected chi connectivity index (χ0v) is 28.1. The van der Waals surface area contributed by atoms with E-state index in [2.05, 4.69) is 61.3 Å². The van der Waals surface area contributed by atoms with Gasteiger partial charge in [-0.1, -0.05) is 50.1 Å². The summed E-state index contributed by atoms with van der Waals surface area (Å²) in [7, 11) is 0. The molecule has 0 aromatic heterocycles. The fourth-order valence-corrected chi connectivity index (χ4v) is 9.69. The minimum atomic E-state index is -4.44. The van der Waals surface area contributed by atoms with Crippen LogP contribution in [0.3, 0.4) is 0 Å². The normalized spacial score (nSPS) is 27.7. The van der Waals surface area contributed by atoms with E-state index in [9.17, 15) is 22.8 Å². The number of hydrogen-bond acceptors (Lipinski definition) is 4. The van der Waals surface area contributed by atoms with Crippen molar-refractivity contribution in [2.24, 2.45) is 11.8 Å². The fraction of sp³-hybridized carbons (Fsp3) is 0.450. The molecule has 2 bridgehead atoms. The van der Waals surface area contributed by atoms with Crippen LogP contribution in [0.15, 0.2) is 66.7 Å². The standard InChI is InChI=1S/C40H41F3N2O4/c1-25(2)24-45(21-19-27-7-5-4-6-8-27)22-20-39-31-14-15-32(44-36(47)18-11-28-9-12-29(13-10-28)40(41,42)43)38(39)49-35-17-16-34(48-26(3)46)30(37(35)39)23-33(31)45/h4-10,12-13,16-17,25,31-33,38H,14-15,19-24H2,1-3H3/p+1/t31-,32-,33+,38-,39-,45?/m0/s1. The summed E-state index contributed by atoms with van der Waals surface area (Å²) in [6.07, 6.45) is -0.472. The van der Waals surface area contributed by atoms with Crippen molar-refractivity contribution in [3.05, 3.63) is 94.5 Å². The van der Waals surface area contributed by atoms with Crippen molar-refractivity contribution in [2.75, 3.05) is 19.6 Å². The van der Waals surface area contributed by atoms with Crippen molar-refractivity contribution in [3.8, 4) is 23.3 Å². The van der Waals surface area contributed by atoms with Gasteiger partial charge in [0.1, 0.15) is 17.6 Å². The lowest BCUT2D eigenvalue weighted by atomic mass is 9.50. The maximum atomic E-state index is 13.2. The fourth-order valence-electron chi connectivity index (χ4n) is 9.69. The van der Waals surface area contributed by atoms with Crippen molar-refractivity contribution >= 4 is 11.9 Å². The Bertz CT molecular complexity index is 1810. The van der Waals surface area contributed by atoms with Crippen LogP contribution in [-0.2, 0) is 34.0 Å². The van der Waals surface area contributed by atoms with E-state index in [1.165, 1.54) is 24.6 Å². The molecule has 6 atom stereocenters. The molecule has 0 radical (unpaired) electrons. The van der Waals surface area contributed by atoms with Crippen molar-refractivity contribution in [2.45, 2.75) is 82.7 Å². The van der Waals surface area contributed by atoms with E-state index >= 15 is 0 Å². The van der Waals surface area contributed by atoms with Gasteiger partial charge in [0.15, 0.2) is 0 Å². The minimum absolute atomic E-state index is 0.289. The van der Waals surface area contributed by atoms with E-state index in [-0.39, 0.29) is 29.6 Å². The molecule has 2 fully saturated rings. The number of rotatable bonds is 7. The highest BCUT2D eigenvalue weighted by molar-refractivity contribution is 5.94. The third-order valence-corrected chi connectivity index (χ3v) is 11.3. The van der Waals surface area contributed by atoms with Crippen LogP contribution < -0.4 is 14.8 Å². The van der Waals surface area contributed by atoms with E-state index in [1.54, 1.807) is 0 Å². The first kappa shape index (κ1) is 33.2. The van der Waals surface area contributed by atoms with Gasteiger partial charge in [-0.15, -0.1) is 0 Å². The van der Waals surface area contributed by atoms with Crippen LogP contribution in [0.1, 0.15) is 67.9 Å². The number of esters is 1. The molecular formula is C40H42F3N2O4+. The molecule has 2 heterocycles. The predicted octanol–water partition coefficient (Wildman–Crippen LogP) is 6.62. The van der Waals surface area contributed by atoms with Crippen LogP contribution in [-0.4, -0.2) is 54.2 Å². The first-order chi connectivity index (χ1) is 23.4. The highest BCUT2D eigenvalue weighted by atomic mass is 19.4. The summed E-state index contributed by atoms with van der Waals surface area (Å²) in [5.74, 6) is 6.66. The molecule has 4 aliphatic rings. The number of hydrogen-bond donors (Lipinski definition) is 1. The molecular weight excluding hydrogens is 629 g/mol. The van der Waals surface area contributed by atoms with Gasteiger partial charge in [-0.05, 0) is 54.8 Å². The first-order valence-corrected chi connectivity index (χ1v) is 17.3. The Morgan fingerprint density at radius 1 is 1.06 bits per heavy atom. The minimum Gasteiger partial charge on any atom is -0.487 e. The van der Waals surface area contributed by atoms with Gasteiger partial charge in [0.2, 0.25) is 0 Å². The molecule has 1 N–H and O–H groups in total. The number of likely N-dealkylation sites (tertiary alicyclic amines) is 1. The molecule has 1 amide bonds. The van der Waals surface area contributed by atoms with E-state index in [0.29, 0.717) is 23.1 Å². The molecule has 1 spiro atoms. The zero-order chi connectivity index (χ0) is 34.6. The number of benzene rings is 3. The van der Waals surface area contributed by atoms with Gasteiger partial charge in [-0.25, -0.2) is 0 Å². The predicted molar refractivity (Wildman–Crippen MR) is 179 cm³/mol. The molecule has 9 heteroatoms. The molecule has 6 nitrogen and oxygen atoms in total. The molecule has 2 aliphatic heterocycles. The Kier molecular flexibility index (Phi) is 8.51. The maximum Gasteiger partial charge on any atom is 0.416 e. The number of nitrogens with zero attached hydrogens (tertiary/aromatic N) is 1. The average Bonchev–Trinajstić information content (AvgIpc) is 3.40. The van der Waals surface area contributed by atoms with E-state index in [4.69, 9.17) is 9.47 Å². The second-order valence-corrected chi connectivity index (χ2v) is 14.7. The number of amides is 1. The lowest BCUT2D eigenvalue weighted by Crippen LogP contribution is -2.75. The zero-order valence-electron chi connectivity index (χ0n) is 28.1. The number of ether oxygens (including phenoxy) is 2. The number of halogens is 3. The number of piperidine rings is 1. The second kappa shape index (κ2) is 12.5.